The van der Waals surface area contributed by atoms with Crippen molar-refractivity contribution >= 4 is 28.3 Å². The Balaban J connectivity index is 1.99. The van der Waals surface area contributed by atoms with E-state index in [2.05, 4.69) is 36.1 Å². The molecule has 0 amide bonds. The van der Waals surface area contributed by atoms with Crippen LogP contribution in [0.3, 0.4) is 0 Å². The molecule has 0 bridgehead atoms. The number of rotatable bonds is 2. The van der Waals surface area contributed by atoms with E-state index in [0.29, 0.717) is 17.8 Å². The Morgan fingerprint density at radius 1 is 1.28 bits per heavy atom. The molecule has 1 aromatic carbocycles. The normalized spacial score (nSPS) is 23.8. The Bertz CT molecular complexity index is 555. The quantitative estimate of drug-likeness (QED) is 0.766. The second-order valence-electron chi connectivity index (χ2n) is 5.04. The van der Waals surface area contributed by atoms with E-state index in [9.17, 15) is 0 Å². The van der Waals surface area contributed by atoms with E-state index >= 15 is 0 Å². The molecule has 3 rings (SSSR count). The van der Waals surface area contributed by atoms with Gasteiger partial charge in [-0.25, -0.2) is 4.98 Å². The molecule has 2 heterocycles. The third kappa shape index (κ3) is 1.95. The second kappa shape index (κ2) is 4.77. The fourth-order valence-corrected chi connectivity index (χ4v) is 3.21. The molecule has 2 atom stereocenters. The first-order valence-corrected chi connectivity index (χ1v) is 7.01. The van der Waals surface area contributed by atoms with Crippen LogP contribution in [0.5, 0.6) is 0 Å². The number of aromatic nitrogens is 1. The number of hydrogen-bond donors (Lipinski definition) is 0. The number of hydrogen-bond acceptors (Lipinski definition) is 2. The molecule has 1 aliphatic heterocycles. The van der Waals surface area contributed by atoms with Crippen LogP contribution in [0.4, 0.5) is 5.82 Å². The topological polar surface area (TPSA) is 16.1 Å². The molecule has 0 spiro atoms. The number of nitrogens with zero attached hydrogens (tertiary/aromatic N) is 2. The maximum absolute atomic E-state index is 6.10. The van der Waals surface area contributed by atoms with E-state index in [1.807, 2.05) is 12.1 Å². The van der Waals surface area contributed by atoms with E-state index < -0.39 is 0 Å². The molecule has 18 heavy (non-hydrogen) atoms. The Hall–Kier alpha value is -1.28. The number of benzene rings is 1. The maximum Gasteiger partial charge on any atom is 0.129 e. The predicted molar refractivity (Wildman–Crippen MR) is 77.4 cm³/mol. The summed E-state index contributed by atoms with van der Waals surface area (Å²) in [6, 6.07) is 12.9. The van der Waals surface area contributed by atoms with E-state index in [1.165, 1.54) is 11.8 Å². The summed E-state index contributed by atoms with van der Waals surface area (Å²) in [7, 11) is 0. The van der Waals surface area contributed by atoms with Gasteiger partial charge < -0.3 is 4.90 Å². The highest BCUT2D eigenvalue weighted by Crippen LogP contribution is 2.30. The molecule has 3 heteroatoms. The van der Waals surface area contributed by atoms with Crippen LogP contribution >= 0.6 is 11.6 Å². The Morgan fingerprint density at radius 3 is 2.94 bits per heavy atom. The largest absolute Gasteiger partial charge is 0.352 e. The summed E-state index contributed by atoms with van der Waals surface area (Å²) in [6.45, 7) is 3.33. The van der Waals surface area contributed by atoms with Gasteiger partial charge in [-0.3, -0.25) is 0 Å². The molecule has 0 aliphatic carbocycles. The molecule has 2 aromatic rings. The van der Waals surface area contributed by atoms with Crippen molar-refractivity contribution in [1.29, 1.82) is 0 Å². The minimum Gasteiger partial charge on any atom is -0.352 e. The van der Waals surface area contributed by atoms with Crippen LogP contribution in [-0.2, 0) is 0 Å². The van der Waals surface area contributed by atoms with Crippen LogP contribution in [-0.4, -0.2) is 23.5 Å². The summed E-state index contributed by atoms with van der Waals surface area (Å²) in [4.78, 5) is 7.11. The van der Waals surface area contributed by atoms with Gasteiger partial charge in [-0.05, 0) is 30.5 Å². The van der Waals surface area contributed by atoms with Crippen molar-refractivity contribution in [3.63, 3.8) is 0 Å². The lowest BCUT2D eigenvalue weighted by Crippen LogP contribution is -2.34. The predicted octanol–water partition coefficient (Wildman–Crippen LogP) is 3.69. The summed E-state index contributed by atoms with van der Waals surface area (Å²) in [5.74, 6) is 2.38. The van der Waals surface area contributed by atoms with Gasteiger partial charge in [-0.1, -0.05) is 25.1 Å². The summed E-state index contributed by atoms with van der Waals surface area (Å²) in [6.07, 6.45) is 1.20. The molecule has 0 radical (unpaired) electrons. The van der Waals surface area contributed by atoms with Gasteiger partial charge in [0.2, 0.25) is 0 Å². The molecule has 1 fully saturated rings. The number of halogens is 1. The van der Waals surface area contributed by atoms with Gasteiger partial charge in [0.15, 0.2) is 0 Å². The van der Waals surface area contributed by atoms with Crippen molar-refractivity contribution in [2.75, 3.05) is 17.3 Å². The molecule has 0 N–H and O–H groups in total. The summed E-state index contributed by atoms with van der Waals surface area (Å²) in [5, 5.41) is 1.19. The average Bonchev–Trinajstić information content (AvgIpc) is 2.79. The number of anilines is 1. The first-order chi connectivity index (χ1) is 8.79. The Labute approximate surface area is 113 Å². The van der Waals surface area contributed by atoms with Crippen LogP contribution in [0, 0.1) is 5.92 Å². The summed E-state index contributed by atoms with van der Waals surface area (Å²) >= 11 is 6.10. The molecule has 1 aromatic heterocycles. The van der Waals surface area contributed by atoms with E-state index in [-0.39, 0.29) is 0 Å². The first-order valence-electron chi connectivity index (χ1n) is 6.48. The lowest BCUT2D eigenvalue weighted by molar-refractivity contribution is 0.549. The van der Waals surface area contributed by atoms with Crippen LogP contribution in [0.1, 0.15) is 13.3 Å². The number of alkyl halides is 1. The molecule has 94 valence electrons. The van der Waals surface area contributed by atoms with Crippen LogP contribution in [0.15, 0.2) is 36.4 Å². The van der Waals surface area contributed by atoms with Crippen molar-refractivity contribution in [2.45, 2.75) is 19.4 Å². The zero-order valence-corrected chi connectivity index (χ0v) is 11.3. The number of para-hydroxylation sites is 1. The molecule has 1 saturated heterocycles. The highest BCUT2D eigenvalue weighted by molar-refractivity contribution is 6.18. The van der Waals surface area contributed by atoms with Crippen LogP contribution in [0.2, 0.25) is 0 Å². The van der Waals surface area contributed by atoms with Crippen molar-refractivity contribution in [3.8, 4) is 0 Å². The average molecular weight is 261 g/mol. The lowest BCUT2D eigenvalue weighted by Gasteiger charge is -2.26. The van der Waals surface area contributed by atoms with E-state index in [1.54, 1.807) is 0 Å². The zero-order chi connectivity index (χ0) is 12.5. The van der Waals surface area contributed by atoms with Gasteiger partial charge in [0.1, 0.15) is 5.82 Å². The highest BCUT2D eigenvalue weighted by Gasteiger charge is 2.31. The fourth-order valence-electron chi connectivity index (χ4n) is 2.74. The fraction of sp³-hybridized carbons (Fsp3) is 0.400. The smallest absolute Gasteiger partial charge is 0.129 e. The summed E-state index contributed by atoms with van der Waals surface area (Å²) in [5.41, 5.74) is 1.06. The van der Waals surface area contributed by atoms with Gasteiger partial charge in [-0.15, -0.1) is 11.6 Å². The van der Waals surface area contributed by atoms with Gasteiger partial charge in [0.05, 0.1) is 5.52 Å². The molecular weight excluding hydrogens is 244 g/mol. The van der Waals surface area contributed by atoms with Crippen molar-refractivity contribution < 1.29 is 0 Å². The minimum absolute atomic E-state index is 0.417. The molecule has 2 unspecified atom stereocenters. The number of pyridine rings is 1. The van der Waals surface area contributed by atoms with Crippen LogP contribution < -0.4 is 4.90 Å². The van der Waals surface area contributed by atoms with Crippen molar-refractivity contribution in [2.24, 2.45) is 5.92 Å². The van der Waals surface area contributed by atoms with Crippen molar-refractivity contribution in [1.82, 2.24) is 4.98 Å². The first kappa shape index (κ1) is 11.8. The van der Waals surface area contributed by atoms with Crippen LogP contribution in [0.25, 0.3) is 10.9 Å². The SMILES string of the molecule is CC1CCN(c2ccc3ccccc3n2)C1CCl. The third-order valence-corrected chi connectivity index (χ3v) is 4.23. The highest BCUT2D eigenvalue weighted by atomic mass is 35.5. The monoisotopic (exact) mass is 260 g/mol. The minimum atomic E-state index is 0.417. The van der Waals surface area contributed by atoms with Gasteiger partial charge in [0.25, 0.3) is 0 Å². The third-order valence-electron chi connectivity index (χ3n) is 3.92. The standard InChI is InChI=1S/C15H17ClN2/c1-11-8-9-18(14(11)10-16)15-7-6-12-4-2-3-5-13(12)17-15/h2-7,11,14H,8-10H2,1H3. The Kier molecular flexibility index (Phi) is 3.13. The second-order valence-corrected chi connectivity index (χ2v) is 5.35. The number of fused-ring (bicyclic) bond motifs is 1. The van der Waals surface area contributed by atoms with Gasteiger partial charge in [-0.2, -0.15) is 0 Å². The summed E-state index contributed by atoms with van der Waals surface area (Å²) < 4.78 is 0. The molecule has 2 nitrogen and oxygen atoms in total. The van der Waals surface area contributed by atoms with Gasteiger partial charge >= 0.3 is 0 Å². The maximum atomic E-state index is 6.10. The van der Waals surface area contributed by atoms with Crippen molar-refractivity contribution in [3.05, 3.63) is 36.4 Å². The van der Waals surface area contributed by atoms with E-state index in [4.69, 9.17) is 16.6 Å². The van der Waals surface area contributed by atoms with E-state index in [0.717, 1.165) is 17.9 Å². The zero-order valence-electron chi connectivity index (χ0n) is 10.5. The van der Waals surface area contributed by atoms with Gasteiger partial charge in [0, 0.05) is 23.9 Å². The molecule has 1 aliphatic rings. The Morgan fingerprint density at radius 2 is 2.11 bits per heavy atom. The lowest BCUT2D eigenvalue weighted by atomic mass is 10.1. The molecule has 0 saturated carbocycles. The molecular formula is C15H17ClN2.